The Kier molecular flexibility index (Phi) is 7.16. The molecule has 0 fully saturated rings. The molecule has 174 valence electrons. The molecule has 1 amide bonds. The highest BCUT2D eigenvalue weighted by atomic mass is 16.5. The number of Topliss-reactive ketones (excluding diaryl/α,β-unsaturated/α-hetero) is 1. The number of para-hydroxylation sites is 2. The second kappa shape index (κ2) is 9.85. The number of carbonyl (C=O) groups excluding carboxylic acids is 3. The zero-order valence-electron chi connectivity index (χ0n) is 19.2. The number of nitrogens with one attached hydrogen (secondary N) is 1. The molecule has 3 rings (SSSR count). The van der Waals surface area contributed by atoms with Gasteiger partial charge >= 0.3 is 11.7 Å². The lowest BCUT2D eigenvalue weighted by Gasteiger charge is -2.18. The largest absolute Gasteiger partial charge is 0.454 e. The molecule has 33 heavy (non-hydrogen) atoms. The van der Waals surface area contributed by atoms with E-state index in [1.165, 1.54) is 11.5 Å². The van der Waals surface area contributed by atoms with Crippen molar-refractivity contribution in [3.05, 3.63) is 64.6 Å². The molecule has 0 spiro atoms. The zero-order chi connectivity index (χ0) is 24.2. The Morgan fingerprint density at radius 2 is 1.73 bits per heavy atom. The van der Waals surface area contributed by atoms with E-state index in [0.717, 1.165) is 0 Å². The van der Waals surface area contributed by atoms with Gasteiger partial charge in [-0.15, -0.1) is 0 Å². The first kappa shape index (κ1) is 24.0. The maximum absolute atomic E-state index is 12.6. The molecule has 2 aromatic carbocycles. The number of ether oxygens (including phenoxy) is 1. The molecule has 0 aliphatic heterocycles. The van der Waals surface area contributed by atoms with Gasteiger partial charge in [0.2, 0.25) is 11.7 Å². The second-order valence-electron chi connectivity index (χ2n) is 8.87. The number of rotatable bonds is 8. The van der Waals surface area contributed by atoms with Gasteiger partial charge in [0.15, 0.2) is 11.7 Å². The summed E-state index contributed by atoms with van der Waals surface area (Å²) in [5.74, 6) is -1.47. The van der Waals surface area contributed by atoms with Crippen LogP contribution in [0.4, 0.5) is 5.69 Å². The minimum atomic E-state index is -0.954. The van der Waals surface area contributed by atoms with E-state index in [1.54, 1.807) is 48.5 Å². The lowest BCUT2D eigenvalue weighted by atomic mass is 9.95. The molecule has 1 atom stereocenters. The van der Waals surface area contributed by atoms with E-state index < -0.39 is 23.2 Å². The van der Waals surface area contributed by atoms with Gasteiger partial charge in [0.1, 0.15) is 0 Å². The van der Waals surface area contributed by atoms with Crippen LogP contribution in [0.3, 0.4) is 0 Å². The number of aryl methyl sites for hydroxylation is 1. The molecule has 0 saturated heterocycles. The van der Waals surface area contributed by atoms with Crippen LogP contribution >= 0.6 is 0 Å². The predicted molar refractivity (Wildman–Crippen MR) is 124 cm³/mol. The van der Waals surface area contributed by atoms with Crippen LogP contribution in [0.5, 0.6) is 0 Å². The van der Waals surface area contributed by atoms with Crippen molar-refractivity contribution in [2.45, 2.75) is 53.2 Å². The Morgan fingerprint density at radius 3 is 2.39 bits per heavy atom. The van der Waals surface area contributed by atoms with Crippen molar-refractivity contribution in [3.8, 4) is 0 Å². The topological polar surface area (TPSA) is 108 Å². The summed E-state index contributed by atoms with van der Waals surface area (Å²) in [5.41, 5.74) is 1.59. The number of benzene rings is 2. The highest BCUT2D eigenvalue weighted by Gasteiger charge is 2.22. The van der Waals surface area contributed by atoms with Crippen LogP contribution < -0.4 is 11.1 Å². The van der Waals surface area contributed by atoms with Crippen LogP contribution in [0, 0.1) is 5.41 Å². The van der Waals surface area contributed by atoms with Crippen LogP contribution in [-0.2, 0) is 20.9 Å². The molecule has 8 nitrogen and oxygen atoms in total. The van der Waals surface area contributed by atoms with E-state index in [-0.39, 0.29) is 18.1 Å². The molecule has 1 heterocycles. The SMILES string of the molecule is CC(OC(=O)CCCn1c(=O)oc2ccccc21)C(=O)c1ccc(NC(=O)C(C)(C)C)cc1. The predicted octanol–water partition coefficient (Wildman–Crippen LogP) is 4.17. The third-order valence-corrected chi connectivity index (χ3v) is 5.12. The van der Waals surface area contributed by atoms with Gasteiger partial charge in [0, 0.05) is 29.6 Å². The van der Waals surface area contributed by atoms with E-state index >= 15 is 0 Å². The molecule has 0 radical (unpaired) electrons. The third-order valence-electron chi connectivity index (χ3n) is 5.12. The van der Waals surface area contributed by atoms with E-state index in [1.807, 2.05) is 20.8 Å². The number of fused-ring (bicyclic) bond motifs is 1. The first-order chi connectivity index (χ1) is 15.6. The number of anilines is 1. The van der Waals surface area contributed by atoms with Crippen LogP contribution in [-0.4, -0.2) is 28.3 Å². The summed E-state index contributed by atoms with van der Waals surface area (Å²) in [6.45, 7) is 7.25. The Bertz CT molecular complexity index is 1210. The highest BCUT2D eigenvalue weighted by Crippen LogP contribution is 2.19. The van der Waals surface area contributed by atoms with Crippen molar-refractivity contribution in [2.24, 2.45) is 5.41 Å². The number of aromatic nitrogens is 1. The molecular formula is C25H28N2O6. The van der Waals surface area contributed by atoms with Gasteiger partial charge < -0.3 is 14.5 Å². The molecule has 0 aliphatic rings. The second-order valence-corrected chi connectivity index (χ2v) is 8.87. The van der Waals surface area contributed by atoms with Gasteiger partial charge in [0.25, 0.3) is 0 Å². The van der Waals surface area contributed by atoms with Crippen LogP contribution in [0.15, 0.2) is 57.7 Å². The normalized spacial score (nSPS) is 12.4. The molecule has 1 N–H and O–H groups in total. The Labute approximate surface area is 191 Å². The van der Waals surface area contributed by atoms with Crippen molar-refractivity contribution < 1.29 is 23.5 Å². The molecule has 1 unspecified atom stereocenters. The molecule has 0 bridgehead atoms. The lowest BCUT2D eigenvalue weighted by molar-refractivity contribution is -0.146. The van der Waals surface area contributed by atoms with Gasteiger partial charge in [-0.1, -0.05) is 32.9 Å². The number of carbonyl (C=O) groups is 3. The molecule has 1 aromatic heterocycles. The number of ketones is 1. The first-order valence-electron chi connectivity index (χ1n) is 10.8. The van der Waals surface area contributed by atoms with E-state index in [4.69, 9.17) is 9.15 Å². The Balaban J connectivity index is 1.51. The summed E-state index contributed by atoms with van der Waals surface area (Å²) < 4.78 is 11.9. The van der Waals surface area contributed by atoms with Crippen molar-refractivity contribution in [1.29, 1.82) is 0 Å². The number of esters is 1. The van der Waals surface area contributed by atoms with Crippen molar-refractivity contribution in [2.75, 3.05) is 5.32 Å². The van der Waals surface area contributed by atoms with Gasteiger partial charge in [-0.05, 0) is 49.7 Å². The van der Waals surface area contributed by atoms with Crippen LogP contribution in [0.1, 0.15) is 50.9 Å². The maximum atomic E-state index is 12.6. The van der Waals surface area contributed by atoms with Crippen molar-refractivity contribution in [3.63, 3.8) is 0 Å². The fraction of sp³-hybridized carbons (Fsp3) is 0.360. The quantitative estimate of drug-likeness (QED) is 0.406. The molecule has 0 aliphatic carbocycles. The summed E-state index contributed by atoms with van der Waals surface area (Å²) in [5, 5.41) is 2.79. The van der Waals surface area contributed by atoms with Crippen molar-refractivity contribution >= 4 is 34.4 Å². The smallest absolute Gasteiger partial charge is 0.419 e. The monoisotopic (exact) mass is 452 g/mol. The number of hydrogen-bond donors (Lipinski definition) is 1. The minimum absolute atomic E-state index is 0.0569. The van der Waals surface area contributed by atoms with Gasteiger partial charge in [-0.25, -0.2) is 4.79 Å². The number of oxazole rings is 1. The van der Waals surface area contributed by atoms with Gasteiger partial charge in [-0.3, -0.25) is 19.0 Å². The minimum Gasteiger partial charge on any atom is -0.454 e. The summed E-state index contributed by atoms with van der Waals surface area (Å²) in [4.78, 5) is 48.9. The fourth-order valence-corrected chi connectivity index (χ4v) is 3.19. The lowest BCUT2D eigenvalue weighted by Crippen LogP contribution is -2.27. The zero-order valence-corrected chi connectivity index (χ0v) is 19.2. The summed E-state index contributed by atoms with van der Waals surface area (Å²) in [6, 6.07) is 13.5. The fourth-order valence-electron chi connectivity index (χ4n) is 3.19. The average molecular weight is 453 g/mol. The molecule has 0 saturated carbocycles. The molecular weight excluding hydrogens is 424 g/mol. The van der Waals surface area contributed by atoms with Gasteiger partial charge in [-0.2, -0.15) is 0 Å². The average Bonchev–Trinajstić information content (AvgIpc) is 3.08. The number of nitrogens with zero attached hydrogens (tertiary/aromatic N) is 1. The standard InChI is InChI=1S/C25H28N2O6/c1-16(22(29)17-11-13-18(14-12-17)26-23(30)25(2,3)4)32-21(28)10-7-15-27-19-8-5-6-9-20(19)33-24(27)31/h5-6,8-9,11-14,16H,7,10,15H2,1-4H3,(H,26,30). The highest BCUT2D eigenvalue weighted by molar-refractivity contribution is 6.01. The Morgan fingerprint density at radius 1 is 1.06 bits per heavy atom. The number of hydrogen-bond acceptors (Lipinski definition) is 6. The Hall–Kier alpha value is -3.68. The molecule has 3 aromatic rings. The van der Waals surface area contributed by atoms with Crippen LogP contribution in [0.2, 0.25) is 0 Å². The summed E-state index contributed by atoms with van der Waals surface area (Å²) in [7, 11) is 0. The summed E-state index contributed by atoms with van der Waals surface area (Å²) in [6.07, 6.45) is -0.530. The van der Waals surface area contributed by atoms with Crippen LogP contribution in [0.25, 0.3) is 11.1 Å². The summed E-state index contributed by atoms with van der Waals surface area (Å²) >= 11 is 0. The van der Waals surface area contributed by atoms with E-state index in [2.05, 4.69) is 5.32 Å². The van der Waals surface area contributed by atoms with E-state index in [0.29, 0.717) is 35.3 Å². The number of amides is 1. The maximum Gasteiger partial charge on any atom is 0.419 e. The van der Waals surface area contributed by atoms with E-state index in [9.17, 15) is 19.2 Å². The third kappa shape index (κ3) is 5.97. The van der Waals surface area contributed by atoms with Crippen molar-refractivity contribution in [1.82, 2.24) is 4.57 Å². The first-order valence-corrected chi connectivity index (χ1v) is 10.8. The van der Waals surface area contributed by atoms with Gasteiger partial charge in [0.05, 0.1) is 5.52 Å². The molecule has 8 heteroatoms.